The summed E-state index contributed by atoms with van der Waals surface area (Å²) in [7, 11) is 0. The maximum atomic E-state index is 5.75. The fraction of sp³-hybridized carbons (Fsp3) is 0.333. The van der Waals surface area contributed by atoms with Crippen molar-refractivity contribution in [1.82, 2.24) is 9.55 Å². The maximum absolute atomic E-state index is 5.75. The normalized spacial score (nSPS) is 11.7. The molecule has 0 spiro atoms. The van der Waals surface area contributed by atoms with Gasteiger partial charge < -0.3 is 9.30 Å². The molecule has 0 atom stereocenters. The summed E-state index contributed by atoms with van der Waals surface area (Å²) in [6.45, 7) is 8.11. The number of hydrogen-bond donors (Lipinski definition) is 0. The number of rotatable bonds is 7. The van der Waals surface area contributed by atoms with Crippen LogP contribution in [0.1, 0.15) is 32.8 Å². The van der Waals surface area contributed by atoms with Crippen LogP contribution in [0.25, 0.3) is 11.0 Å². The topological polar surface area (TPSA) is 39.4 Å². The van der Waals surface area contributed by atoms with E-state index in [-0.39, 0.29) is 0 Å². The Morgan fingerprint density at radius 2 is 1.88 bits per heavy atom. The van der Waals surface area contributed by atoms with Gasteiger partial charge in [-0.2, -0.15) is 0 Å². The van der Waals surface area contributed by atoms with E-state index in [9.17, 15) is 0 Å². The van der Waals surface area contributed by atoms with Crippen molar-refractivity contribution in [2.24, 2.45) is 10.9 Å². The summed E-state index contributed by atoms with van der Waals surface area (Å²) < 4.78 is 7.87. The molecule has 3 aromatic rings. The van der Waals surface area contributed by atoms with Crippen molar-refractivity contribution < 1.29 is 4.74 Å². The van der Waals surface area contributed by atoms with Gasteiger partial charge in [0.15, 0.2) is 0 Å². The molecule has 0 amide bonds. The lowest BCUT2D eigenvalue weighted by atomic mass is 10.1. The van der Waals surface area contributed by atoms with Crippen LogP contribution in [0.15, 0.2) is 53.5 Å². The van der Waals surface area contributed by atoms with E-state index in [0.29, 0.717) is 5.92 Å². The molecule has 0 radical (unpaired) electrons. The first-order valence-corrected chi connectivity index (χ1v) is 8.89. The Bertz CT molecular complexity index is 847. The van der Waals surface area contributed by atoms with E-state index >= 15 is 0 Å². The number of hydrogen-bond acceptors (Lipinski definition) is 3. The lowest BCUT2D eigenvalue weighted by Gasteiger charge is -2.08. The summed E-state index contributed by atoms with van der Waals surface area (Å²) in [5, 5.41) is 0. The zero-order valence-corrected chi connectivity index (χ0v) is 15.1. The minimum absolute atomic E-state index is 0.657. The second kappa shape index (κ2) is 7.97. The largest absolute Gasteiger partial charge is 0.494 e. The second-order valence-corrected chi connectivity index (χ2v) is 6.50. The number of aliphatic imine (C=N–C) groups is 1. The molecule has 3 rings (SSSR count). The van der Waals surface area contributed by atoms with Crippen molar-refractivity contribution in [3.63, 3.8) is 0 Å². The van der Waals surface area contributed by atoms with E-state index in [0.717, 1.165) is 47.9 Å². The lowest BCUT2D eigenvalue weighted by molar-refractivity contribution is 0.289. The quantitative estimate of drug-likeness (QED) is 0.554. The third-order valence-corrected chi connectivity index (χ3v) is 4.12. The lowest BCUT2D eigenvalue weighted by Crippen LogP contribution is -2.01. The average Bonchev–Trinajstić information content (AvgIpc) is 2.98. The van der Waals surface area contributed by atoms with Gasteiger partial charge in [0.1, 0.15) is 5.75 Å². The highest BCUT2D eigenvalue weighted by atomic mass is 16.5. The Morgan fingerprint density at radius 3 is 2.60 bits per heavy atom. The molecule has 1 aromatic heterocycles. The number of fused-ring (bicyclic) bond motifs is 1. The molecule has 0 fully saturated rings. The molecule has 4 nitrogen and oxygen atoms in total. The van der Waals surface area contributed by atoms with Gasteiger partial charge in [-0.1, -0.05) is 26.0 Å². The molecule has 0 N–H and O–H groups in total. The van der Waals surface area contributed by atoms with E-state index < -0.39 is 0 Å². The van der Waals surface area contributed by atoms with Gasteiger partial charge in [-0.25, -0.2) is 9.98 Å². The molecule has 2 aromatic carbocycles. The predicted molar refractivity (Wildman–Crippen MR) is 104 cm³/mol. The summed E-state index contributed by atoms with van der Waals surface area (Å²) in [6.07, 6.45) is 2.92. The molecule has 0 aliphatic heterocycles. The Balaban J connectivity index is 1.72. The van der Waals surface area contributed by atoms with Crippen molar-refractivity contribution in [1.29, 1.82) is 0 Å². The summed E-state index contributed by atoms with van der Waals surface area (Å²) in [4.78, 5) is 9.20. The van der Waals surface area contributed by atoms with Crippen molar-refractivity contribution in [2.75, 3.05) is 6.61 Å². The average molecular weight is 335 g/mol. The molecule has 0 saturated carbocycles. The predicted octanol–water partition coefficient (Wildman–Crippen LogP) is 5.23. The Kier molecular flexibility index (Phi) is 5.49. The Labute approximate surface area is 149 Å². The molecular weight excluding hydrogens is 310 g/mol. The van der Waals surface area contributed by atoms with Gasteiger partial charge in [0.2, 0.25) is 5.95 Å². The third-order valence-electron chi connectivity index (χ3n) is 4.12. The summed E-state index contributed by atoms with van der Waals surface area (Å²) in [6, 6.07) is 16.1. The highest BCUT2D eigenvalue weighted by Crippen LogP contribution is 2.21. The van der Waals surface area contributed by atoms with Crippen molar-refractivity contribution >= 4 is 23.2 Å². The van der Waals surface area contributed by atoms with Crippen LogP contribution in [0.3, 0.4) is 0 Å². The van der Waals surface area contributed by atoms with Gasteiger partial charge in [-0.05, 0) is 61.2 Å². The number of aromatic nitrogens is 2. The van der Waals surface area contributed by atoms with Crippen molar-refractivity contribution in [2.45, 2.75) is 33.7 Å². The zero-order valence-electron chi connectivity index (χ0n) is 15.1. The summed E-state index contributed by atoms with van der Waals surface area (Å²) in [5.74, 6) is 2.30. The van der Waals surface area contributed by atoms with Crippen molar-refractivity contribution in [3.05, 3.63) is 54.1 Å². The minimum Gasteiger partial charge on any atom is -0.494 e. The maximum Gasteiger partial charge on any atom is 0.230 e. The van der Waals surface area contributed by atoms with E-state index in [2.05, 4.69) is 41.4 Å². The fourth-order valence-corrected chi connectivity index (χ4v) is 2.67. The standard InChI is InChI=1S/C21H25N3O/c1-4-24-20-8-6-5-7-19(20)23-21(24)22-15-17-9-11-18(12-10-17)25-14-13-16(2)3/h5-12,15-16H,4,13-14H2,1-3H3. The molecule has 4 heteroatoms. The number of para-hydroxylation sites is 2. The van der Waals surface area contributed by atoms with Crippen LogP contribution in [0.2, 0.25) is 0 Å². The molecular formula is C21H25N3O. The monoisotopic (exact) mass is 335 g/mol. The van der Waals surface area contributed by atoms with Crippen LogP contribution in [0.4, 0.5) is 5.95 Å². The third kappa shape index (κ3) is 4.27. The Hall–Kier alpha value is -2.62. The Morgan fingerprint density at radius 1 is 1.12 bits per heavy atom. The van der Waals surface area contributed by atoms with Gasteiger partial charge in [0, 0.05) is 12.8 Å². The molecule has 130 valence electrons. The van der Waals surface area contributed by atoms with Gasteiger partial charge in [0.25, 0.3) is 0 Å². The van der Waals surface area contributed by atoms with E-state index in [4.69, 9.17) is 4.74 Å². The van der Waals surface area contributed by atoms with E-state index in [1.54, 1.807) is 0 Å². The van der Waals surface area contributed by atoms with Crippen LogP contribution in [-0.4, -0.2) is 22.4 Å². The minimum atomic E-state index is 0.657. The van der Waals surface area contributed by atoms with Crippen LogP contribution >= 0.6 is 0 Å². The molecule has 1 heterocycles. The smallest absolute Gasteiger partial charge is 0.230 e. The van der Waals surface area contributed by atoms with Crippen LogP contribution in [0.5, 0.6) is 5.75 Å². The molecule has 0 unspecified atom stereocenters. The SMILES string of the molecule is CCn1c(N=Cc2ccc(OCCC(C)C)cc2)nc2ccccc21. The number of benzene rings is 2. The molecule has 0 bridgehead atoms. The van der Waals surface area contributed by atoms with Gasteiger partial charge >= 0.3 is 0 Å². The number of ether oxygens (including phenoxy) is 1. The summed E-state index contributed by atoms with van der Waals surface area (Å²) in [5.41, 5.74) is 3.13. The summed E-state index contributed by atoms with van der Waals surface area (Å²) >= 11 is 0. The highest BCUT2D eigenvalue weighted by molar-refractivity contribution is 5.83. The second-order valence-electron chi connectivity index (χ2n) is 6.50. The fourth-order valence-electron chi connectivity index (χ4n) is 2.67. The molecule has 0 saturated heterocycles. The van der Waals surface area contributed by atoms with Gasteiger partial charge in [-0.3, -0.25) is 0 Å². The first-order chi connectivity index (χ1) is 12.2. The number of aryl methyl sites for hydroxylation is 1. The van der Waals surface area contributed by atoms with E-state index in [1.165, 1.54) is 0 Å². The molecule has 0 aliphatic rings. The van der Waals surface area contributed by atoms with Crippen LogP contribution < -0.4 is 4.74 Å². The van der Waals surface area contributed by atoms with Crippen LogP contribution in [-0.2, 0) is 6.54 Å². The van der Waals surface area contributed by atoms with Gasteiger partial charge in [-0.15, -0.1) is 0 Å². The first-order valence-electron chi connectivity index (χ1n) is 8.89. The number of imidazole rings is 1. The highest BCUT2D eigenvalue weighted by Gasteiger charge is 2.07. The number of nitrogens with zero attached hydrogens (tertiary/aromatic N) is 3. The first kappa shape index (κ1) is 17.2. The van der Waals surface area contributed by atoms with Gasteiger partial charge in [0.05, 0.1) is 17.6 Å². The molecule has 0 aliphatic carbocycles. The molecule has 25 heavy (non-hydrogen) atoms. The zero-order chi connectivity index (χ0) is 17.6. The van der Waals surface area contributed by atoms with E-state index in [1.807, 2.05) is 48.7 Å². The van der Waals surface area contributed by atoms with Crippen molar-refractivity contribution in [3.8, 4) is 5.75 Å². The van der Waals surface area contributed by atoms with Crippen LogP contribution in [0, 0.1) is 5.92 Å².